The molecule has 1 aromatic carbocycles. The molecule has 4 heterocycles. The molecule has 168 valence electrons. The molecule has 4 N–H and O–H groups in total. The fourth-order valence-corrected chi connectivity index (χ4v) is 6.84. The Bertz CT molecular complexity index is 1350. The van der Waals surface area contributed by atoms with Crippen LogP contribution in [0.3, 0.4) is 0 Å². The molecule has 2 aliphatic rings. The lowest BCUT2D eigenvalue weighted by molar-refractivity contribution is -0.145. The summed E-state index contributed by atoms with van der Waals surface area (Å²) in [5.74, 6) is -0.834. The smallest absolute Gasteiger partial charge is 0.276 e. The van der Waals surface area contributed by atoms with E-state index in [2.05, 4.69) is 33.1 Å². The number of benzene rings is 1. The molecule has 10 nitrogen and oxygen atoms in total. The Kier molecular flexibility index (Phi) is 5.60. The van der Waals surface area contributed by atoms with Crippen molar-refractivity contribution in [3.63, 3.8) is 0 Å². The van der Waals surface area contributed by atoms with Crippen LogP contribution in [0.1, 0.15) is 10.7 Å². The molecule has 0 bridgehead atoms. The molecule has 33 heavy (non-hydrogen) atoms. The number of fused-ring (bicyclic) bond motifs is 2. The quantitative estimate of drug-likeness (QED) is 0.131. The maximum absolute atomic E-state index is 13.0. The predicted octanol–water partition coefficient (Wildman–Crippen LogP) is 1.78. The van der Waals surface area contributed by atoms with Gasteiger partial charge < -0.3 is 16.3 Å². The maximum Gasteiger partial charge on any atom is 0.276 e. The Balaban J connectivity index is 1.41. The van der Waals surface area contributed by atoms with Crippen LogP contribution in [0.5, 0.6) is 0 Å². The number of para-hydroxylation sites is 1. The molecule has 2 aromatic heterocycles. The average Bonchev–Trinajstić information content (AvgIpc) is 3.43. The van der Waals surface area contributed by atoms with Gasteiger partial charge in [0.05, 0.1) is 10.2 Å². The summed E-state index contributed by atoms with van der Waals surface area (Å²) in [6.07, 6.45) is 0. The Hall–Kier alpha value is -2.94. The highest BCUT2D eigenvalue weighted by molar-refractivity contribution is 8.00. The second kappa shape index (κ2) is 8.44. The van der Waals surface area contributed by atoms with Gasteiger partial charge in [0, 0.05) is 16.7 Å². The van der Waals surface area contributed by atoms with Crippen molar-refractivity contribution in [3.05, 3.63) is 46.0 Å². The fraction of sp³-hybridized carbons (Fsp3) is 0.158. The number of aromatic nitrogens is 2. The van der Waals surface area contributed by atoms with Crippen molar-refractivity contribution in [1.82, 2.24) is 20.2 Å². The van der Waals surface area contributed by atoms with Crippen LogP contribution in [0.25, 0.3) is 15.8 Å². The summed E-state index contributed by atoms with van der Waals surface area (Å²) in [6.45, 7) is 0. The summed E-state index contributed by atoms with van der Waals surface area (Å²) < 4.78 is 0.969. The standard InChI is InChI=1S/C19H14N6O4S4/c20-19-22-9(6-32-19)11(24-29)14(26)23-12-16(27)25-13(18(28)30)7(5-31-17(12)25)15-21-8-3-1-2-4-10(8)33-15/h1-4,6,12,17,29H,5H2,(H2,20,22)(H,23,26)(H,28,30)/b24-11-/t12?,17-/m1/s1. The minimum atomic E-state index is -0.908. The van der Waals surface area contributed by atoms with Gasteiger partial charge in [-0.25, -0.2) is 9.97 Å². The van der Waals surface area contributed by atoms with E-state index >= 15 is 0 Å². The van der Waals surface area contributed by atoms with Crippen molar-refractivity contribution < 1.29 is 19.6 Å². The van der Waals surface area contributed by atoms with Crippen LogP contribution < -0.4 is 11.1 Å². The summed E-state index contributed by atoms with van der Waals surface area (Å²) in [7, 11) is 0. The molecule has 0 saturated carbocycles. The van der Waals surface area contributed by atoms with Gasteiger partial charge in [0.25, 0.3) is 11.8 Å². The molecule has 1 unspecified atom stereocenters. The van der Waals surface area contributed by atoms with Crippen molar-refractivity contribution in [1.29, 1.82) is 0 Å². The number of thiazole rings is 2. The SMILES string of the molecule is Nc1nc(/C(=N/O)C(=O)NC2C(=O)N3C(C(=O)S)=C(c4nc5ccccc5s4)CS[C@H]23)cs1. The molecule has 3 aromatic rings. The van der Waals surface area contributed by atoms with Crippen LogP contribution in [0.4, 0.5) is 5.13 Å². The number of nitrogens with two attached hydrogens (primary N) is 1. The first-order valence-corrected chi connectivity index (χ1v) is 12.6. The van der Waals surface area contributed by atoms with E-state index < -0.39 is 28.3 Å². The van der Waals surface area contributed by atoms with E-state index in [-0.39, 0.29) is 22.2 Å². The normalized spacial score (nSPS) is 20.6. The van der Waals surface area contributed by atoms with Gasteiger partial charge in [-0.3, -0.25) is 19.3 Å². The van der Waals surface area contributed by atoms with Crippen LogP contribution in [-0.4, -0.2) is 59.9 Å². The topological polar surface area (TPSA) is 151 Å². The number of rotatable bonds is 5. The van der Waals surface area contributed by atoms with Crippen LogP contribution in [0.2, 0.25) is 0 Å². The molecule has 0 spiro atoms. The van der Waals surface area contributed by atoms with E-state index in [0.29, 0.717) is 16.3 Å². The maximum atomic E-state index is 13.0. The Morgan fingerprint density at radius 1 is 1.30 bits per heavy atom. The lowest BCUT2D eigenvalue weighted by Gasteiger charge is -2.49. The first-order valence-electron chi connectivity index (χ1n) is 9.40. The second-order valence-electron chi connectivity index (χ2n) is 7.00. The van der Waals surface area contributed by atoms with Gasteiger partial charge in [0.15, 0.2) is 10.8 Å². The largest absolute Gasteiger partial charge is 0.410 e. The number of nitrogens with zero attached hydrogens (tertiary/aromatic N) is 4. The van der Waals surface area contributed by atoms with E-state index in [1.54, 1.807) is 0 Å². The molecule has 5 rings (SSSR count). The highest BCUT2D eigenvalue weighted by atomic mass is 32.2. The predicted molar refractivity (Wildman–Crippen MR) is 130 cm³/mol. The number of carbonyl (C=O) groups is 3. The molecule has 2 amide bonds. The summed E-state index contributed by atoms with van der Waals surface area (Å²) in [5.41, 5.74) is 6.92. The van der Waals surface area contributed by atoms with Crippen LogP contribution in [-0.2, 0) is 14.4 Å². The Morgan fingerprint density at radius 2 is 2.09 bits per heavy atom. The first-order chi connectivity index (χ1) is 15.9. The molecule has 1 fully saturated rings. The van der Waals surface area contributed by atoms with Gasteiger partial charge in [-0.15, -0.1) is 34.4 Å². The number of amides is 2. The molecule has 0 aliphatic carbocycles. The third-order valence-electron chi connectivity index (χ3n) is 5.09. The molecule has 0 radical (unpaired) electrons. The van der Waals surface area contributed by atoms with E-state index in [9.17, 15) is 19.6 Å². The van der Waals surface area contributed by atoms with E-state index in [4.69, 9.17) is 5.73 Å². The third-order valence-corrected chi connectivity index (χ3v) is 8.35. The van der Waals surface area contributed by atoms with Crippen molar-refractivity contribution in [2.75, 3.05) is 11.5 Å². The van der Waals surface area contributed by atoms with Crippen LogP contribution in [0.15, 0.2) is 40.5 Å². The van der Waals surface area contributed by atoms with Gasteiger partial charge in [0.2, 0.25) is 5.12 Å². The van der Waals surface area contributed by atoms with E-state index in [1.165, 1.54) is 33.4 Å². The summed E-state index contributed by atoms with van der Waals surface area (Å²) in [6, 6.07) is 6.70. The summed E-state index contributed by atoms with van der Waals surface area (Å²) in [4.78, 5) is 47.9. The number of oxime groups is 1. The van der Waals surface area contributed by atoms with Crippen molar-refractivity contribution >= 4 is 90.6 Å². The summed E-state index contributed by atoms with van der Waals surface area (Å²) in [5, 5.41) is 16.1. The molecular weight excluding hydrogens is 505 g/mol. The van der Waals surface area contributed by atoms with E-state index in [1.807, 2.05) is 24.3 Å². The van der Waals surface area contributed by atoms with Crippen LogP contribution >= 0.6 is 47.1 Å². The molecule has 2 aliphatic heterocycles. The number of nitrogen functional groups attached to an aromatic ring is 1. The van der Waals surface area contributed by atoms with Gasteiger partial charge >= 0.3 is 0 Å². The monoisotopic (exact) mass is 518 g/mol. The number of β-lactam (4-membered cyclic amide) rings is 1. The van der Waals surface area contributed by atoms with Crippen LogP contribution in [0, 0.1) is 0 Å². The van der Waals surface area contributed by atoms with Crippen molar-refractivity contribution in [2.24, 2.45) is 5.16 Å². The number of hydrogen-bond acceptors (Lipinski definition) is 11. The zero-order valence-electron chi connectivity index (χ0n) is 16.5. The number of hydrogen-bond donors (Lipinski definition) is 4. The number of thioether (sulfide) groups is 1. The zero-order chi connectivity index (χ0) is 23.3. The Labute approximate surface area is 204 Å². The summed E-state index contributed by atoms with van der Waals surface area (Å²) >= 11 is 7.92. The van der Waals surface area contributed by atoms with Crippen molar-refractivity contribution in [2.45, 2.75) is 11.4 Å². The third kappa shape index (κ3) is 3.68. The van der Waals surface area contributed by atoms with E-state index in [0.717, 1.165) is 21.6 Å². The zero-order valence-corrected chi connectivity index (χ0v) is 19.8. The average molecular weight is 519 g/mol. The van der Waals surface area contributed by atoms with Gasteiger partial charge in [0.1, 0.15) is 27.8 Å². The number of carbonyl (C=O) groups excluding carboxylic acids is 3. The molecule has 1 saturated heterocycles. The van der Waals surface area contributed by atoms with Gasteiger partial charge in [-0.05, 0) is 12.1 Å². The highest BCUT2D eigenvalue weighted by Crippen LogP contribution is 2.45. The second-order valence-corrected chi connectivity index (χ2v) is 10.4. The lowest BCUT2D eigenvalue weighted by Crippen LogP contribution is -2.70. The minimum Gasteiger partial charge on any atom is -0.410 e. The van der Waals surface area contributed by atoms with Gasteiger partial charge in [-0.1, -0.05) is 29.9 Å². The highest BCUT2D eigenvalue weighted by Gasteiger charge is 2.54. The number of thiol groups is 1. The number of anilines is 1. The minimum absolute atomic E-state index is 0.0988. The molecule has 14 heteroatoms. The lowest BCUT2D eigenvalue weighted by atomic mass is 10.0. The fourth-order valence-electron chi connectivity index (χ4n) is 3.60. The molecule has 2 atom stereocenters. The molecular formula is C19H14N6O4S4. The first kappa shape index (κ1) is 21.9. The Morgan fingerprint density at radius 3 is 2.76 bits per heavy atom. The number of nitrogens with one attached hydrogen (secondary N) is 1. The van der Waals surface area contributed by atoms with Gasteiger partial charge in [-0.2, -0.15) is 0 Å². The van der Waals surface area contributed by atoms with Crippen molar-refractivity contribution in [3.8, 4) is 0 Å².